The normalized spacial score (nSPS) is 12.6. The number of sulfonamides is 1. The minimum Gasteiger partial charge on any atom is -0.245 e. The summed E-state index contributed by atoms with van der Waals surface area (Å²) in [7, 11) is -3.69. The Morgan fingerprint density at radius 1 is 1.38 bits per heavy atom. The molecule has 0 bridgehead atoms. The molecular formula is C10H13FN2O2S. The molecule has 0 radical (unpaired) electrons. The van der Waals surface area contributed by atoms with Gasteiger partial charge in [0.2, 0.25) is 0 Å². The zero-order valence-corrected chi connectivity index (χ0v) is 9.88. The van der Waals surface area contributed by atoms with E-state index in [0.717, 1.165) is 5.56 Å². The van der Waals surface area contributed by atoms with Crippen molar-refractivity contribution in [1.29, 1.82) is 0 Å². The third kappa shape index (κ3) is 3.30. The number of halogens is 1. The monoisotopic (exact) mass is 244 g/mol. The van der Waals surface area contributed by atoms with Crippen molar-refractivity contribution in [3.63, 3.8) is 0 Å². The van der Waals surface area contributed by atoms with Crippen molar-refractivity contribution in [1.82, 2.24) is 4.83 Å². The molecular weight excluding hydrogens is 231 g/mol. The summed E-state index contributed by atoms with van der Waals surface area (Å²) in [4.78, 5) is 2.07. The molecule has 0 atom stereocenters. The fourth-order valence-corrected chi connectivity index (χ4v) is 1.81. The number of nitrogens with zero attached hydrogens (tertiary/aromatic N) is 1. The highest BCUT2D eigenvalue weighted by Gasteiger charge is 2.11. The largest absolute Gasteiger partial charge is 0.276 e. The van der Waals surface area contributed by atoms with Gasteiger partial charge in [-0.15, -0.1) is 0 Å². The van der Waals surface area contributed by atoms with Crippen LogP contribution in [-0.4, -0.2) is 20.8 Å². The van der Waals surface area contributed by atoms with E-state index in [9.17, 15) is 12.8 Å². The van der Waals surface area contributed by atoms with Crippen LogP contribution in [0.25, 0.3) is 0 Å². The molecule has 6 heteroatoms. The molecule has 0 aliphatic heterocycles. The van der Waals surface area contributed by atoms with Gasteiger partial charge in [-0.1, -0.05) is 17.7 Å². The molecule has 0 aromatic heterocycles. The number of aryl methyl sites for hydroxylation is 1. The van der Waals surface area contributed by atoms with Gasteiger partial charge in [0, 0.05) is 0 Å². The van der Waals surface area contributed by atoms with Crippen LogP contribution in [0.3, 0.4) is 0 Å². The first-order valence-electron chi connectivity index (χ1n) is 4.63. The molecule has 0 spiro atoms. The Morgan fingerprint density at radius 3 is 2.44 bits per heavy atom. The van der Waals surface area contributed by atoms with Crippen LogP contribution >= 0.6 is 0 Å². The fourth-order valence-electron chi connectivity index (χ4n) is 0.938. The van der Waals surface area contributed by atoms with Crippen molar-refractivity contribution < 1.29 is 12.8 Å². The Labute approximate surface area is 94.2 Å². The summed E-state index contributed by atoms with van der Waals surface area (Å²) in [5, 5.41) is 3.42. The Bertz CT molecular complexity index is 480. The lowest BCUT2D eigenvalue weighted by atomic mass is 10.2. The van der Waals surface area contributed by atoms with Gasteiger partial charge in [0.05, 0.1) is 10.6 Å². The average Bonchev–Trinajstić information content (AvgIpc) is 2.26. The molecule has 1 N–H and O–H groups in total. The first-order valence-corrected chi connectivity index (χ1v) is 6.11. The summed E-state index contributed by atoms with van der Waals surface area (Å²) in [5.41, 5.74) is 1.04. The first kappa shape index (κ1) is 12.6. The van der Waals surface area contributed by atoms with E-state index >= 15 is 0 Å². The summed E-state index contributed by atoms with van der Waals surface area (Å²) >= 11 is 0. The second kappa shape index (κ2) is 5.07. The number of alkyl halides is 1. The van der Waals surface area contributed by atoms with Crippen molar-refractivity contribution in [3.05, 3.63) is 29.8 Å². The van der Waals surface area contributed by atoms with Crippen LogP contribution in [0.4, 0.5) is 4.39 Å². The highest BCUT2D eigenvalue weighted by Crippen LogP contribution is 2.09. The Hall–Kier alpha value is -1.43. The third-order valence-corrected chi connectivity index (χ3v) is 3.11. The SMILES string of the molecule is C/C(CF)=N\NS(=O)(=O)c1ccc(C)cc1. The van der Waals surface area contributed by atoms with Gasteiger partial charge in [-0.25, -0.2) is 9.22 Å². The maximum Gasteiger partial charge on any atom is 0.276 e. The molecule has 0 saturated carbocycles. The lowest BCUT2D eigenvalue weighted by Crippen LogP contribution is -2.20. The zero-order valence-electron chi connectivity index (χ0n) is 9.07. The highest BCUT2D eigenvalue weighted by molar-refractivity contribution is 7.89. The van der Waals surface area contributed by atoms with Crippen LogP contribution in [-0.2, 0) is 10.0 Å². The van der Waals surface area contributed by atoms with E-state index in [1.54, 1.807) is 12.1 Å². The minimum atomic E-state index is -3.69. The van der Waals surface area contributed by atoms with E-state index in [4.69, 9.17) is 0 Å². The summed E-state index contributed by atoms with van der Waals surface area (Å²) in [5.74, 6) is 0. The van der Waals surface area contributed by atoms with E-state index in [0.29, 0.717) is 0 Å². The first-order chi connectivity index (χ1) is 7.45. The molecule has 1 aromatic carbocycles. The number of rotatable bonds is 4. The van der Waals surface area contributed by atoms with Gasteiger partial charge >= 0.3 is 0 Å². The van der Waals surface area contributed by atoms with Crippen molar-refractivity contribution in [2.75, 3.05) is 6.67 Å². The number of benzene rings is 1. The minimum absolute atomic E-state index is 0.0793. The number of hydrogen-bond donors (Lipinski definition) is 1. The van der Waals surface area contributed by atoms with E-state index < -0.39 is 16.7 Å². The molecule has 0 aliphatic rings. The molecule has 0 saturated heterocycles. The highest BCUT2D eigenvalue weighted by atomic mass is 32.2. The Morgan fingerprint density at radius 2 is 1.94 bits per heavy atom. The average molecular weight is 244 g/mol. The van der Waals surface area contributed by atoms with E-state index in [1.807, 2.05) is 11.8 Å². The summed E-state index contributed by atoms with van der Waals surface area (Å²) < 4.78 is 35.3. The summed E-state index contributed by atoms with van der Waals surface area (Å²) in [6, 6.07) is 6.30. The predicted molar refractivity (Wildman–Crippen MR) is 60.6 cm³/mol. The van der Waals surface area contributed by atoms with Crippen molar-refractivity contribution in [2.24, 2.45) is 5.10 Å². The quantitative estimate of drug-likeness (QED) is 0.646. The molecule has 4 nitrogen and oxygen atoms in total. The van der Waals surface area contributed by atoms with Crippen molar-refractivity contribution in [3.8, 4) is 0 Å². The topological polar surface area (TPSA) is 58.5 Å². The van der Waals surface area contributed by atoms with Gasteiger partial charge in [-0.2, -0.15) is 13.5 Å². The predicted octanol–water partition coefficient (Wildman–Crippen LogP) is 1.62. The van der Waals surface area contributed by atoms with Crippen LogP contribution in [0.15, 0.2) is 34.3 Å². The van der Waals surface area contributed by atoms with Crippen molar-refractivity contribution in [2.45, 2.75) is 18.7 Å². The molecule has 0 aliphatic carbocycles. The fraction of sp³-hybridized carbons (Fsp3) is 0.300. The Kier molecular flexibility index (Phi) is 4.00. The number of hydrazone groups is 1. The maximum absolute atomic E-state index is 12.1. The molecule has 0 heterocycles. The second-order valence-electron chi connectivity index (χ2n) is 3.39. The van der Waals surface area contributed by atoms with E-state index in [1.165, 1.54) is 19.1 Å². The number of hydrogen-bond acceptors (Lipinski definition) is 3. The van der Waals surface area contributed by atoms with Gasteiger partial charge in [0.1, 0.15) is 6.67 Å². The van der Waals surface area contributed by atoms with Gasteiger partial charge in [-0.05, 0) is 26.0 Å². The van der Waals surface area contributed by atoms with E-state index in [2.05, 4.69) is 5.10 Å². The molecule has 0 amide bonds. The third-order valence-electron chi connectivity index (χ3n) is 1.88. The van der Waals surface area contributed by atoms with Crippen LogP contribution in [0.2, 0.25) is 0 Å². The van der Waals surface area contributed by atoms with Gasteiger partial charge in [-0.3, -0.25) is 0 Å². The zero-order chi connectivity index (χ0) is 12.2. The second-order valence-corrected chi connectivity index (χ2v) is 5.05. The van der Waals surface area contributed by atoms with Gasteiger partial charge in [0.25, 0.3) is 10.0 Å². The van der Waals surface area contributed by atoms with Crippen LogP contribution in [0.5, 0.6) is 0 Å². The molecule has 0 fully saturated rings. The lowest BCUT2D eigenvalue weighted by Gasteiger charge is -2.04. The van der Waals surface area contributed by atoms with Crippen LogP contribution in [0.1, 0.15) is 12.5 Å². The molecule has 16 heavy (non-hydrogen) atoms. The maximum atomic E-state index is 12.1. The van der Waals surface area contributed by atoms with Crippen LogP contribution in [0, 0.1) is 6.92 Å². The molecule has 88 valence electrons. The molecule has 1 aromatic rings. The Balaban J connectivity index is 2.91. The smallest absolute Gasteiger partial charge is 0.245 e. The van der Waals surface area contributed by atoms with Gasteiger partial charge in [0.15, 0.2) is 0 Å². The summed E-state index contributed by atoms with van der Waals surface area (Å²) in [6.07, 6.45) is 0. The van der Waals surface area contributed by atoms with Gasteiger partial charge < -0.3 is 0 Å². The van der Waals surface area contributed by atoms with Crippen molar-refractivity contribution >= 4 is 15.7 Å². The summed E-state index contributed by atoms with van der Waals surface area (Å²) in [6.45, 7) is 2.48. The lowest BCUT2D eigenvalue weighted by molar-refractivity contribution is 0.573. The number of nitrogens with one attached hydrogen (secondary N) is 1. The molecule has 0 unspecified atom stereocenters. The van der Waals surface area contributed by atoms with E-state index in [-0.39, 0.29) is 10.6 Å². The van der Waals surface area contributed by atoms with Crippen LogP contribution < -0.4 is 4.83 Å². The standard InChI is InChI=1S/C10H13FN2O2S/c1-8-3-5-10(6-4-8)16(14,15)13-12-9(2)7-11/h3-6,13H,7H2,1-2H3/b12-9+. The molecule has 1 rings (SSSR count).